The summed E-state index contributed by atoms with van der Waals surface area (Å²) in [7, 11) is 1.60. The van der Waals surface area contributed by atoms with Crippen molar-refractivity contribution in [2.45, 2.75) is 13.3 Å². The first kappa shape index (κ1) is 10.7. The monoisotopic (exact) mass is 198 g/mol. The molecule has 0 aromatic heterocycles. The Hall–Kier alpha value is -1.39. The number of piperazine rings is 1. The molecule has 5 nitrogen and oxygen atoms in total. The van der Waals surface area contributed by atoms with E-state index in [4.69, 9.17) is 0 Å². The van der Waals surface area contributed by atoms with E-state index in [1.54, 1.807) is 7.05 Å². The molecule has 0 bridgehead atoms. The molecule has 1 heterocycles. The van der Waals surface area contributed by atoms with Gasteiger partial charge >= 0.3 is 0 Å². The smallest absolute Gasteiger partial charge is 0.242 e. The van der Waals surface area contributed by atoms with Crippen molar-refractivity contribution in [1.29, 1.82) is 0 Å². The molecule has 2 amide bonds. The van der Waals surface area contributed by atoms with Crippen LogP contribution in [0.3, 0.4) is 0 Å². The van der Waals surface area contributed by atoms with Crippen LogP contribution in [0.25, 0.3) is 0 Å². The molecule has 0 unspecified atom stereocenters. The van der Waals surface area contributed by atoms with Gasteiger partial charge in [0.2, 0.25) is 11.8 Å². The van der Waals surface area contributed by atoms with Crippen LogP contribution >= 0.6 is 0 Å². The number of Topliss-reactive ketones (excluding diaryl/α,β-unsaturated/α-hetero) is 1. The Labute approximate surface area is 82.7 Å². The van der Waals surface area contributed by atoms with E-state index in [0.29, 0.717) is 13.0 Å². The van der Waals surface area contributed by atoms with Gasteiger partial charge in [0.25, 0.3) is 0 Å². The standard InChI is InChI=1S/C9H14N2O3/c1-7(12)3-4-11-6-8(13)10(2)5-9(11)14/h3-6H2,1-2H3. The molecule has 0 aliphatic carbocycles. The predicted molar refractivity (Wildman–Crippen MR) is 49.5 cm³/mol. The zero-order valence-electron chi connectivity index (χ0n) is 8.45. The zero-order chi connectivity index (χ0) is 10.7. The predicted octanol–water partition coefficient (Wildman–Crippen LogP) is -0.734. The average molecular weight is 198 g/mol. The fraction of sp³-hybridized carbons (Fsp3) is 0.667. The number of carbonyl (C=O) groups excluding carboxylic acids is 3. The van der Waals surface area contributed by atoms with Crippen molar-refractivity contribution < 1.29 is 14.4 Å². The summed E-state index contributed by atoms with van der Waals surface area (Å²) in [6.45, 7) is 2.05. The number of hydrogen-bond acceptors (Lipinski definition) is 3. The van der Waals surface area contributed by atoms with Crippen LogP contribution in [0.2, 0.25) is 0 Å². The molecule has 1 rings (SSSR count). The van der Waals surface area contributed by atoms with E-state index in [0.717, 1.165) is 0 Å². The number of likely N-dealkylation sites (N-methyl/N-ethyl adjacent to an activating group) is 1. The summed E-state index contributed by atoms with van der Waals surface area (Å²) in [5.41, 5.74) is 0. The van der Waals surface area contributed by atoms with E-state index in [-0.39, 0.29) is 30.7 Å². The van der Waals surface area contributed by atoms with Crippen molar-refractivity contribution >= 4 is 17.6 Å². The maximum atomic E-state index is 11.4. The molecule has 0 saturated carbocycles. The largest absolute Gasteiger partial charge is 0.335 e. The first-order valence-corrected chi connectivity index (χ1v) is 4.52. The molecule has 0 N–H and O–H groups in total. The lowest BCUT2D eigenvalue weighted by atomic mass is 10.2. The van der Waals surface area contributed by atoms with Crippen molar-refractivity contribution in [2.24, 2.45) is 0 Å². The van der Waals surface area contributed by atoms with Crippen LogP contribution in [0.15, 0.2) is 0 Å². The Morgan fingerprint density at radius 3 is 2.50 bits per heavy atom. The fourth-order valence-electron chi connectivity index (χ4n) is 1.26. The maximum absolute atomic E-state index is 11.4. The minimum Gasteiger partial charge on any atom is -0.335 e. The van der Waals surface area contributed by atoms with Crippen LogP contribution in [0.5, 0.6) is 0 Å². The number of nitrogens with zero attached hydrogens (tertiary/aromatic N) is 2. The van der Waals surface area contributed by atoms with Gasteiger partial charge < -0.3 is 9.80 Å². The van der Waals surface area contributed by atoms with E-state index in [1.807, 2.05) is 0 Å². The van der Waals surface area contributed by atoms with E-state index in [9.17, 15) is 14.4 Å². The summed E-state index contributed by atoms with van der Waals surface area (Å²) in [5, 5.41) is 0. The first-order valence-electron chi connectivity index (χ1n) is 4.52. The number of hydrogen-bond donors (Lipinski definition) is 0. The number of ketones is 1. The zero-order valence-corrected chi connectivity index (χ0v) is 8.45. The second kappa shape index (κ2) is 4.21. The van der Waals surface area contributed by atoms with Crippen molar-refractivity contribution in [2.75, 3.05) is 26.7 Å². The van der Waals surface area contributed by atoms with Gasteiger partial charge in [-0.25, -0.2) is 0 Å². The highest BCUT2D eigenvalue weighted by Crippen LogP contribution is 2.03. The van der Waals surface area contributed by atoms with Gasteiger partial charge in [0.05, 0.1) is 13.1 Å². The maximum Gasteiger partial charge on any atom is 0.242 e. The highest BCUT2D eigenvalue weighted by Gasteiger charge is 2.26. The Morgan fingerprint density at radius 1 is 1.29 bits per heavy atom. The third-order valence-electron chi connectivity index (χ3n) is 2.21. The number of carbonyl (C=O) groups is 3. The molecule has 1 aliphatic rings. The Morgan fingerprint density at radius 2 is 1.93 bits per heavy atom. The summed E-state index contributed by atoms with van der Waals surface area (Å²) >= 11 is 0. The molecule has 1 fully saturated rings. The molecule has 0 atom stereocenters. The van der Waals surface area contributed by atoms with Crippen molar-refractivity contribution in [3.8, 4) is 0 Å². The van der Waals surface area contributed by atoms with Crippen LogP contribution in [-0.2, 0) is 14.4 Å². The molecular weight excluding hydrogens is 184 g/mol. The second-order valence-electron chi connectivity index (χ2n) is 3.52. The molecule has 1 aliphatic heterocycles. The van der Waals surface area contributed by atoms with Crippen molar-refractivity contribution in [3.63, 3.8) is 0 Å². The van der Waals surface area contributed by atoms with Gasteiger partial charge in [-0.1, -0.05) is 0 Å². The normalized spacial score (nSPS) is 17.6. The van der Waals surface area contributed by atoms with Gasteiger partial charge in [-0.05, 0) is 6.92 Å². The lowest BCUT2D eigenvalue weighted by Crippen LogP contribution is -2.52. The van der Waals surface area contributed by atoms with Crippen LogP contribution in [-0.4, -0.2) is 54.1 Å². The van der Waals surface area contributed by atoms with Crippen molar-refractivity contribution in [1.82, 2.24) is 9.80 Å². The van der Waals surface area contributed by atoms with Crippen LogP contribution in [0, 0.1) is 0 Å². The SMILES string of the molecule is CC(=O)CCN1CC(=O)N(C)CC1=O. The Kier molecular flexibility index (Phi) is 3.22. The third-order valence-corrected chi connectivity index (χ3v) is 2.21. The summed E-state index contributed by atoms with van der Waals surface area (Å²) in [6, 6.07) is 0. The summed E-state index contributed by atoms with van der Waals surface area (Å²) in [5.74, 6) is -0.134. The summed E-state index contributed by atoms with van der Waals surface area (Å²) in [6.07, 6.45) is 0.322. The van der Waals surface area contributed by atoms with E-state index in [2.05, 4.69) is 0 Å². The lowest BCUT2D eigenvalue weighted by molar-refractivity contribution is -0.149. The molecular formula is C9H14N2O3. The average Bonchev–Trinajstić information content (AvgIpc) is 2.09. The number of amides is 2. The highest BCUT2D eigenvalue weighted by molar-refractivity contribution is 5.92. The quantitative estimate of drug-likeness (QED) is 0.600. The fourth-order valence-corrected chi connectivity index (χ4v) is 1.26. The summed E-state index contributed by atoms with van der Waals surface area (Å²) in [4.78, 5) is 36.2. The third kappa shape index (κ3) is 2.55. The Balaban J connectivity index is 2.49. The molecule has 1 saturated heterocycles. The van der Waals surface area contributed by atoms with Gasteiger partial charge in [-0.15, -0.1) is 0 Å². The van der Waals surface area contributed by atoms with Crippen molar-refractivity contribution in [3.05, 3.63) is 0 Å². The molecule has 0 aromatic carbocycles. The van der Waals surface area contributed by atoms with Gasteiger partial charge in [0, 0.05) is 20.0 Å². The van der Waals surface area contributed by atoms with E-state index in [1.165, 1.54) is 16.7 Å². The minimum absolute atomic E-state index is 0.0316. The van der Waals surface area contributed by atoms with E-state index >= 15 is 0 Å². The van der Waals surface area contributed by atoms with Crippen LogP contribution in [0.1, 0.15) is 13.3 Å². The van der Waals surface area contributed by atoms with Gasteiger partial charge in [-0.2, -0.15) is 0 Å². The first-order chi connectivity index (χ1) is 6.50. The molecule has 0 radical (unpaired) electrons. The molecule has 14 heavy (non-hydrogen) atoms. The Bertz CT molecular complexity index is 275. The topological polar surface area (TPSA) is 57.7 Å². The molecule has 0 spiro atoms. The van der Waals surface area contributed by atoms with Gasteiger partial charge in [0.1, 0.15) is 5.78 Å². The van der Waals surface area contributed by atoms with E-state index < -0.39 is 0 Å². The molecule has 5 heteroatoms. The minimum atomic E-state index is -0.0895. The van der Waals surface area contributed by atoms with Crippen LogP contribution < -0.4 is 0 Å². The second-order valence-corrected chi connectivity index (χ2v) is 3.52. The summed E-state index contributed by atoms with van der Waals surface area (Å²) < 4.78 is 0. The van der Waals surface area contributed by atoms with Crippen LogP contribution in [0.4, 0.5) is 0 Å². The van der Waals surface area contributed by atoms with Gasteiger partial charge in [0.15, 0.2) is 0 Å². The lowest BCUT2D eigenvalue weighted by Gasteiger charge is -2.31. The molecule has 78 valence electrons. The number of rotatable bonds is 3. The van der Waals surface area contributed by atoms with Gasteiger partial charge in [-0.3, -0.25) is 14.4 Å². The molecule has 0 aromatic rings. The highest BCUT2D eigenvalue weighted by atomic mass is 16.2.